The molecule has 1 aromatic heterocycles. The van der Waals surface area contributed by atoms with Crippen molar-refractivity contribution >= 4 is 35.5 Å². The number of carbonyl (C=O) groups is 6. The number of benzene rings is 2. The highest BCUT2D eigenvalue weighted by Gasteiger charge is 2.40. The molecule has 0 unspecified atom stereocenters. The molecular formula is C38H50N8O8. The van der Waals surface area contributed by atoms with E-state index in [0.717, 1.165) is 5.56 Å². The lowest BCUT2D eigenvalue weighted by atomic mass is 9.98. The number of carboxylic acids is 1. The van der Waals surface area contributed by atoms with Crippen LogP contribution in [0.15, 0.2) is 73.2 Å². The average molecular weight is 747 g/mol. The minimum absolute atomic E-state index is 0.0423. The van der Waals surface area contributed by atoms with Gasteiger partial charge in [-0.3, -0.25) is 24.0 Å². The van der Waals surface area contributed by atoms with Crippen LogP contribution >= 0.6 is 0 Å². The molecule has 4 rings (SSSR count). The average Bonchev–Trinajstić information content (AvgIpc) is 3.89. The molecule has 2 aromatic carbocycles. The summed E-state index contributed by atoms with van der Waals surface area (Å²) in [6.45, 7) is 3.11. The number of rotatable bonds is 19. The lowest BCUT2D eigenvalue weighted by Crippen LogP contribution is -2.60. The van der Waals surface area contributed by atoms with Crippen LogP contribution in [0.25, 0.3) is 0 Å². The Morgan fingerprint density at radius 2 is 1.41 bits per heavy atom. The summed E-state index contributed by atoms with van der Waals surface area (Å²) in [5.74, 6) is -4.86. The number of aliphatic hydroxyl groups excluding tert-OH is 1. The first-order valence-electron chi connectivity index (χ1n) is 18.1. The number of imidazole rings is 1. The van der Waals surface area contributed by atoms with Crippen LogP contribution in [0.2, 0.25) is 0 Å². The van der Waals surface area contributed by atoms with Gasteiger partial charge in [0.05, 0.1) is 18.6 Å². The molecule has 0 aliphatic carbocycles. The van der Waals surface area contributed by atoms with Gasteiger partial charge in [-0.15, -0.1) is 0 Å². The highest BCUT2D eigenvalue weighted by atomic mass is 16.4. The van der Waals surface area contributed by atoms with E-state index in [9.17, 15) is 39.0 Å². The first-order valence-corrected chi connectivity index (χ1v) is 18.1. The molecule has 16 heteroatoms. The second-order valence-corrected chi connectivity index (χ2v) is 13.5. The number of nitrogens with two attached hydrogens (primary N) is 1. The van der Waals surface area contributed by atoms with Gasteiger partial charge in [0.2, 0.25) is 29.5 Å². The molecule has 16 nitrogen and oxygen atoms in total. The number of amides is 5. The number of carbonyl (C=O) groups excluding carboxylic acids is 5. The zero-order valence-electron chi connectivity index (χ0n) is 30.4. The second-order valence-electron chi connectivity index (χ2n) is 13.5. The van der Waals surface area contributed by atoms with Crippen molar-refractivity contribution in [2.45, 2.75) is 88.6 Å². The number of aliphatic hydroxyl groups is 1. The van der Waals surface area contributed by atoms with Crippen LogP contribution < -0.4 is 27.0 Å². The van der Waals surface area contributed by atoms with Gasteiger partial charge >= 0.3 is 5.97 Å². The van der Waals surface area contributed by atoms with Crippen LogP contribution in [0, 0.1) is 5.92 Å². The van der Waals surface area contributed by atoms with E-state index >= 15 is 0 Å². The highest BCUT2D eigenvalue weighted by Crippen LogP contribution is 2.21. The maximum absolute atomic E-state index is 14.3. The normalized spacial score (nSPS) is 17.3. The summed E-state index contributed by atoms with van der Waals surface area (Å²) in [7, 11) is 0. The number of aromatic nitrogens is 2. The van der Waals surface area contributed by atoms with E-state index in [-0.39, 0.29) is 31.7 Å². The van der Waals surface area contributed by atoms with Crippen molar-refractivity contribution in [1.82, 2.24) is 36.1 Å². The summed E-state index contributed by atoms with van der Waals surface area (Å²) in [4.78, 5) is 89.0. The Morgan fingerprint density at radius 1 is 0.852 bits per heavy atom. The Kier molecular flexibility index (Phi) is 15.2. The largest absolute Gasteiger partial charge is 0.480 e. The van der Waals surface area contributed by atoms with Gasteiger partial charge in [0.1, 0.15) is 36.3 Å². The number of hydrogen-bond acceptors (Lipinski definition) is 9. The number of likely N-dealkylation sites (tertiary alicyclic amines) is 1. The molecule has 290 valence electrons. The smallest absolute Gasteiger partial charge is 0.326 e. The molecule has 1 aliphatic heterocycles. The topological polar surface area (TPSA) is 249 Å². The number of aromatic amines is 1. The quantitative estimate of drug-likeness (QED) is 0.0804. The van der Waals surface area contributed by atoms with E-state index in [4.69, 9.17) is 5.73 Å². The SMILES string of the molecule is CC[C@H](C)[C@H](NC(=O)[C@@H]1CCCN1C(=O)[C@H](Cc1ccccc1)NC(=O)[C@H](Cc1c[nH]cn1)NC(=O)[C@H](Cc1ccccc1)NC(=O)[C@@H](N)CO)C(=O)O. The third-order valence-corrected chi connectivity index (χ3v) is 9.56. The highest BCUT2D eigenvalue weighted by molar-refractivity contribution is 5.97. The van der Waals surface area contributed by atoms with Crippen LogP contribution in [0.1, 0.15) is 49.9 Å². The number of aliphatic carboxylic acids is 1. The zero-order valence-corrected chi connectivity index (χ0v) is 30.4. The molecule has 9 N–H and O–H groups in total. The molecule has 0 saturated carbocycles. The van der Waals surface area contributed by atoms with Gasteiger partial charge in [0.15, 0.2) is 0 Å². The maximum Gasteiger partial charge on any atom is 0.326 e. The lowest BCUT2D eigenvalue weighted by molar-refractivity contribution is -0.146. The Bertz CT molecular complexity index is 1710. The van der Waals surface area contributed by atoms with Crippen LogP contribution in [0.3, 0.4) is 0 Å². The first kappa shape index (κ1) is 41.2. The Hall–Kier alpha value is -5.61. The summed E-state index contributed by atoms with van der Waals surface area (Å²) in [5.41, 5.74) is 7.58. The van der Waals surface area contributed by atoms with Crippen molar-refractivity contribution in [2.75, 3.05) is 13.2 Å². The van der Waals surface area contributed by atoms with Gasteiger partial charge in [0, 0.05) is 32.0 Å². The molecule has 1 fully saturated rings. The van der Waals surface area contributed by atoms with Crippen LogP contribution in [-0.2, 0) is 48.0 Å². The number of nitrogens with one attached hydrogen (secondary N) is 5. The van der Waals surface area contributed by atoms with Crippen molar-refractivity contribution < 1.29 is 39.0 Å². The number of hydrogen-bond donors (Lipinski definition) is 8. The minimum atomic E-state index is -1.29. The lowest BCUT2D eigenvalue weighted by Gasteiger charge is -2.31. The van der Waals surface area contributed by atoms with Gasteiger partial charge in [-0.2, -0.15) is 0 Å². The van der Waals surface area contributed by atoms with Crippen molar-refractivity contribution in [3.8, 4) is 0 Å². The Morgan fingerprint density at radius 3 is 1.94 bits per heavy atom. The standard InChI is InChI=1S/C38H50N8O8/c1-3-23(2)32(38(53)54)45-36(51)31-15-10-16-46(31)37(52)30(18-25-13-8-5-9-14-25)44-35(50)29(19-26-20-40-22-41-26)43-34(49)28(42-33(48)27(39)21-47)17-24-11-6-4-7-12-24/h4-9,11-14,20,22-23,27-32,47H,3,10,15-19,21,39H2,1-2H3,(H,40,41)(H,42,48)(H,43,49)(H,44,50)(H,45,51)(H,53,54)/t23-,27-,28-,29-,30-,31-,32-/m0/s1. The van der Waals surface area contributed by atoms with Crippen molar-refractivity contribution in [3.05, 3.63) is 90.0 Å². The van der Waals surface area contributed by atoms with Gasteiger partial charge in [-0.05, 0) is 29.9 Å². The summed E-state index contributed by atoms with van der Waals surface area (Å²) in [5, 5.41) is 29.9. The van der Waals surface area contributed by atoms with Crippen LogP contribution in [0.5, 0.6) is 0 Å². The monoisotopic (exact) mass is 746 g/mol. The fraction of sp³-hybridized carbons (Fsp3) is 0.447. The third kappa shape index (κ3) is 11.4. The molecule has 2 heterocycles. The maximum atomic E-state index is 14.3. The zero-order chi connectivity index (χ0) is 39.2. The predicted molar refractivity (Wildman–Crippen MR) is 197 cm³/mol. The molecule has 0 radical (unpaired) electrons. The van der Waals surface area contributed by atoms with Crippen molar-refractivity contribution in [3.63, 3.8) is 0 Å². The number of nitrogens with zero attached hydrogens (tertiary/aromatic N) is 2. The van der Waals surface area contributed by atoms with E-state index < -0.39 is 78.4 Å². The molecular weight excluding hydrogens is 696 g/mol. The molecule has 0 spiro atoms. The van der Waals surface area contributed by atoms with Gasteiger partial charge in [-0.1, -0.05) is 80.9 Å². The van der Waals surface area contributed by atoms with E-state index in [0.29, 0.717) is 30.5 Å². The number of carboxylic acid groups (broad SMARTS) is 1. The summed E-state index contributed by atoms with van der Waals surface area (Å²) in [6, 6.07) is 10.8. The van der Waals surface area contributed by atoms with Crippen LogP contribution in [0.4, 0.5) is 0 Å². The fourth-order valence-electron chi connectivity index (χ4n) is 6.27. The van der Waals surface area contributed by atoms with Gasteiger partial charge in [-0.25, -0.2) is 9.78 Å². The molecule has 1 saturated heterocycles. The molecule has 1 aliphatic rings. The summed E-state index contributed by atoms with van der Waals surface area (Å²) in [6.07, 6.45) is 4.29. The molecule has 5 amide bonds. The van der Waals surface area contributed by atoms with Crippen molar-refractivity contribution in [2.24, 2.45) is 11.7 Å². The first-order chi connectivity index (χ1) is 25.9. The Labute approximate surface area is 313 Å². The summed E-state index contributed by atoms with van der Waals surface area (Å²) >= 11 is 0. The van der Waals surface area contributed by atoms with E-state index in [1.54, 1.807) is 67.7 Å². The van der Waals surface area contributed by atoms with Gasteiger partial charge < -0.3 is 47.1 Å². The molecule has 0 bridgehead atoms. The van der Waals surface area contributed by atoms with E-state index in [1.165, 1.54) is 11.2 Å². The molecule has 7 atom stereocenters. The minimum Gasteiger partial charge on any atom is -0.480 e. The molecule has 54 heavy (non-hydrogen) atoms. The van der Waals surface area contributed by atoms with Crippen LogP contribution in [-0.4, -0.2) is 110 Å². The van der Waals surface area contributed by atoms with Crippen molar-refractivity contribution in [1.29, 1.82) is 0 Å². The van der Waals surface area contributed by atoms with E-state index in [1.807, 2.05) is 13.0 Å². The predicted octanol–water partition coefficient (Wildman–Crippen LogP) is -0.182. The Balaban J connectivity index is 1.60. The third-order valence-electron chi connectivity index (χ3n) is 9.56. The van der Waals surface area contributed by atoms with Gasteiger partial charge in [0.25, 0.3) is 0 Å². The summed E-state index contributed by atoms with van der Waals surface area (Å²) < 4.78 is 0. The van der Waals surface area contributed by atoms with E-state index in [2.05, 4.69) is 31.2 Å². The second kappa shape index (κ2) is 20.0. The fourth-order valence-corrected chi connectivity index (χ4v) is 6.27. The molecule has 3 aromatic rings. The number of H-pyrrole nitrogens is 1.